The first kappa shape index (κ1) is 16.2. The molecule has 0 heterocycles. The van der Waals surface area contributed by atoms with Gasteiger partial charge in [0.2, 0.25) is 0 Å². The van der Waals surface area contributed by atoms with Gasteiger partial charge in [-0.05, 0) is 12.8 Å². The lowest BCUT2D eigenvalue weighted by atomic mass is 9.98. The minimum atomic E-state index is -3.83. The molecule has 0 aliphatic heterocycles. The predicted molar refractivity (Wildman–Crippen MR) is 61.8 cm³/mol. The Morgan fingerprint density at radius 3 is 1.81 bits per heavy atom. The average Bonchev–Trinajstić information content (AvgIpc) is 1.99. The summed E-state index contributed by atoms with van der Waals surface area (Å²) in [6, 6.07) is 0. The zero-order chi connectivity index (χ0) is 12.8. The maximum absolute atomic E-state index is 10.5. The summed E-state index contributed by atoms with van der Waals surface area (Å²) in [5, 5.41) is 4.72. The van der Waals surface area contributed by atoms with Crippen LogP contribution in [-0.4, -0.2) is 27.8 Å². The molecule has 0 atom stereocenters. The summed E-state index contributed by atoms with van der Waals surface area (Å²) in [6.07, 6.45) is 4.72. The highest BCUT2D eigenvalue weighted by molar-refractivity contribution is 8.26. The van der Waals surface area contributed by atoms with Crippen LogP contribution in [0.25, 0.3) is 0 Å². The number of hydrogen-bond acceptors (Lipinski definition) is 5. The van der Waals surface area contributed by atoms with E-state index >= 15 is 0 Å². The molecule has 16 heavy (non-hydrogen) atoms. The maximum atomic E-state index is 10.5. The Morgan fingerprint density at radius 2 is 1.50 bits per heavy atom. The fraction of sp³-hybridized carbons (Fsp3) is 1.00. The Morgan fingerprint density at radius 1 is 1.12 bits per heavy atom. The SMILES string of the molecule is NS(=O)(=O)OC1CCCCC1.O=S(O)(O)=S. The Labute approximate surface area is 99.9 Å². The molecule has 1 aliphatic carbocycles. The van der Waals surface area contributed by atoms with Crippen molar-refractivity contribution in [2.75, 3.05) is 0 Å². The van der Waals surface area contributed by atoms with Crippen LogP contribution in [0.1, 0.15) is 32.1 Å². The van der Waals surface area contributed by atoms with Crippen LogP contribution in [0.3, 0.4) is 0 Å². The van der Waals surface area contributed by atoms with E-state index in [2.05, 4.69) is 15.4 Å². The van der Waals surface area contributed by atoms with Crippen LogP contribution < -0.4 is 5.14 Å². The number of rotatable bonds is 2. The molecular formula is C6H15NO6S3. The lowest BCUT2D eigenvalue weighted by molar-refractivity contribution is 0.162. The zero-order valence-electron chi connectivity index (χ0n) is 8.44. The molecule has 1 saturated carbocycles. The van der Waals surface area contributed by atoms with Crippen molar-refractivity contribution >= 4 is 30.5 Å². The van der Waals surface area contributed by atoms with Crippen LogP contribution in [-0.2, 0) is 34.7 Å². The van der Waals surface area contributed by atoms with Gasteiger partial charge in [0.1, 0.15) is 0 Å². The largest absolute Gasteiger partial charge is 0.333 e. The standard InChI is InChI=1S/C6H13NO3S.H2O3S2/c7-11(8,9)10-6-4-2-1-3-5-6;1-5(2,3)4/h6H,1-5H2,(H2,7,8,9);(H2,1,2,3,4). The molecule has 0 aromatic heterocycles. The second kappa shape index (κ2) is 6.79. The van der Waals surface area contributed by atoms with E-state index in [4.69, 9.17) is 18.5 Å². The van der Waals surface area contributed by atoms with Crippen molar-refractivity contribution < 1.29 is 25.9 Å². The molecule has 7 nitrogen and oxygen atoms in total. The van der Waals surface area contributed by atoms with Crippen LogP contribution in [0.5, 0.6) is 0 Å². The van der Waals surface area contributed by atoms with E-state index in [9.17, 15) is 8.42 Å². The molecule has 0 saturated heterocycles. The van der Waals surface area contributed by atoms with Crippen LogP contribution in [0, 0.1) is 0 Å². The fourth-order valence-corrected chi connectivity index (χ4v) is 1.92. The lowest BCUT2D eigenvalue weighted by Gasteiger charge is -2.19. The van der Waals surface area contributed by atoms with Gasteiger partial charge < -0.3 is 0 Å². The van der Waals surface area contributed by atoms with Crippen LogP contribution >= 0.6 is 0 Å². The minimum absolute atomic E-state index is 0.168. The molecular weight excluding hydrogens is 278 g/mol. The van der Waals surface area contributed by atoms with E-state index in [-0.39, 0.29) is 6.10 Å². The van der Waals surface area contributed by atoms with E-state index in [0.717, 1.165) is 25.7 Å². The van der Waals surface area contributed by atoms with Gasteiger partial charge in [-0.25, -0.2) is 5.14 Å². The predicted octanol–water partition coefficient (Wildman–Crippen LogP) is 0.218. The second-order valence-electron chi connectivity index (χ2n) is 3.30. The molecule has 1 fully saturated rings. The van der Waals surface area contributed by atoms with E-state index in [1.54, 1.807) is 0 Å². The van der Waals surface area contributed by atoms with Crippen molar-refractivity contribution in [3.8, 4) is 0 Å². The fourth-order valence-electron chi connectivity index (χ4n) is 1.35. The summed E-state index contributed by atoms with van der Waals surface area (Å²) in [5.74, 6) is 0. The van der Waals surface area contributed by atoms with Gasteiger partial charge in [0.25, 0.3) is 9.05 Å². The van der Waals surface area contributed by atoms with Crippen molar-refractivity contribution in [3.05, 3.63) is 0 Å². The van der Waals surface area contributed by atoms with Gasteiger partial charge in [-0.15, -0.1) is 0 Å². The Kier molecular flexibility index (Phi) is 6.86. The first-order chi connectivity index (χ1) is 7.08. The van der Waals surface area contributed by atoms with Crippen molar-refractivity contribution in [1.82, 2.24) is 0 Å². The first-order valence-corrected chi connectivity index (χ1v) is 8.35. The van der Waals surface area contributed by atoms with E-state index in [0.29, 0.717) is 0 Å². The molecule has 0 spiro atoms. The van der Waals surface area contributed by atoms with E-state index in [1.807, 2.05) is 0 Å². The summed E-state index contributed by atoms with van der Waals surface area (Å²) in [6.45, 7) is 0. The third-order valence-corrected chi connectivity index (χ3v) is 2.36. The smallest absolute Gasteiger partial charge is 0.285 e. The minimum Gasteiger partial charge on any atom is -0.285 e. The molecule has 0 amide bonds. The monoisotopic (exact) mass is 293 g/mol. The van der Waals surface area contributed by atoms with Gasteiger partial charge in [-0.3, -0.25) is 13.3 Å². The Bertz CT molecular complexity index is 374. The molecule has 98 valence electrons. The highest BCUT2D eigenvalue weighted by Gasteiger charge is 2.18. The van der Waals surface area contributed by atoms with Gasteiger partial charge in [0.05, 0.1) is 6.10 Å². The highest BCUT2D eigenvalue weighted by Crippen LogP contribution is 2.20. The molecule has 0 aromatic carbocycles. The summed E-state index contributed by atoms with van der Waals surface area (Å²) < 4.78 is 49.5. The van der Waals surface area contributed by atoms with Crippen molar-refractivity contribution in [2.24, 2.45) is 5.14 Å². The molecule has 1 rings (SSSR count). The van der Waals surface area contributed by atoms with E-state index in [1.165, 1.54) is 6.42 Å². The molecule has 4 N–H and O–H groups in total. The maximum Gasteiger partial charge on any atom is 0.333 e. The van der Waals surface area contributed by atoms with Crippen molar-refractivity contribution in [1.29, 1.82) is 0 Å². The van der Waals surface area contributed by atoms with Gasteiger partial charge in [-0.2, -0.15) is 12.6 Å². The van der Waals surface area contributed by atoms with Gasteiger partial charge in [0, 0.05) is 11.2 Å². The van der Waals surface area contributed by atoms with Crippen LogP contribution in [0.2, 0.25) is 0 Å². The lowest BCUT2D eigenvalue weighted by Crippen LogP contribution is -2.25. The third-order valence-electron chi connectivity index (χ3n) is 1.82. The molecule has 0 unspecified atom stereocenters. The average molecular weight is 293 g/mol. The molecule has 1 aliphatic rings. The summed E-state index contributed by atoms with van der Waals surface area (Å²) in [5.41, 5.74) is 0. The summed E-state index contributed by atoms with van der Waals surface area (Å²) in [7, 11) is -7.56. The topological polar surface area (TPSA) is 127 Å². The van der Waals surface area contributed by atoms with Crippen molar-refractivity contribution in [3.63, 3.8) is 0 Å². The summed E-state index contributed by atoms with van der Waals surface area (Å²) >= 11 is 3.47. The number of hydrogen-bond donors (Lipinski definition) is 3. The first-order valence-electron chi connectivity index (χ1n) is 4.49. The highest BCUT2D eigenvalue weighted by atomic mass is 32.9. The Hall–Kier alpha value is 0.160. The Balaban J connectivity index is 0.000000385. The number of nitrogens with two attached hydrogens (primary N) is 1. The summed E-state index contributed by atoms with van der Waals surface area (Å²) in [4.78, 5) is 0. The van der Waals surface area contributed by atoms with E-state index < -0.39 is 19.4 Å². The van der Waals surface area contributed by atoms with Gasteiger partial charge >= 0.3 is 10.3 Å². The second-order valence-corrected chi connectivity index (χ2v) is 6.67. The van der Waals surface area contributed by atoms with Crippen LogP contribution in [0.15, 0.2) is 0 Å². The third kappa shape index (κ3) is 14.2. The molecule has 0 bridgehead atoms. The van der Waals surface area contributed by atoms with Gasteiger partial charge in [0.15, 0.2) is 0 Å². The quantitative estimate of drug-likeness (QED) is 0.664. The normalized spacial score (nSPS) is 18.7. The van der Waals surface area contributed by atoms with Crippen LogP contribution in [0.4, 0.5) is 0 Å². The van der Waals surface area contributed by atoms with Crippen molar-refractivity contribution in [2.45, 2.75) is 38.2 Å². The van der Waals surface area contributed by atoms with Gasteiger partial charge in [-0.1, -0.05) is 19.3 Å². The molecule has 0 radical (unpaired) electrons. The molecule has 10 heteroatoms. The zero-order valence-corrected chi connectivity index (χ0v) is 10.9. The molecule has 0 aromatic rings.